The van der Waals surface area contributed by atoms with Crippen LogP contribution < -0.4 is 0 Å². The van der Waals surface area contributed by atoms with Crippen LogP contribution in [0.25, 0.3) is 0 Å². The molecule has 3 nitrogen and oxygen atoms in total. The van der Waals surface area contributed by atoms with Crippen molar-refractivity contribution in [2.75, 3.05) is 6.61 Å². The van der Waals surface area contributed by atoms with Gasteiger partial charge in [0, 0.05) is 5.56 Å². The smallest absolute Gasteiger partial charge is 0.312 e. The van der Waals surface area contributed by atoms with E-state index >= 15 is 0 Å². The number of esters is 1. The number of hydrogen-bond acceptors (Lipinski definition) is 3. The van der Waals surface area contributed by atoms with E-state index in [1.807, 2.05) is 0 Å². The molecule has 0 amide bonds. The van der Waals surface area contributed by atoms with Crippen molar-refractivity contribution in [2.24, 2.45) is 23.2 Å². The molecule has 1 aromatic carbocycles. The third-order valence-electron chi connectivity index (χ3n) is 5.98. The normalized spacial score (nSPS) is 34.4. The number of ether oxygens (including phenoxy) is 1. The first-order valence-electron chi connectivity index (χ1n) is 8.51. The second kappa shape index (κ2) is 5.62. The zero-order valence-corrected chi connectivity index (χ0v) is 13.8. The highest BCUT2D eigenvalue weighted by Gasteiger charge is 2.55. The summed E-state index contributed by atoms with van der Waals surface area (Å²) in [5.41, 5.74) is 0.114. The van der Waals surface area contributed by atoms with Gasteiger partial charge in [0.2, 0.25) is 5.78 Å². The zero-order valence-electron chi connectivity index (χ0n) is 13.1. The number of rotatable bonds is 4. The van der Waals surface area contributed by atoms with E-state index < -0.39 is 0 Å². The Morgan fingerprint density at radius 2 is 1.61 bits per heavy atom. The molecule has 4 fully saturated rings. The molecular formula is C19H21ClO3. The van der Waals surface area contributed by atoms with E-state index in [1.54, 1.807) is 24.3 Å². The molecule has 0 unspecified atom stereocenters. The van der Waals surface area contributed by atoms with Crippen LogP contribution in [0, 0.1) is 23.2 Å². The summed E-state index contributed by atoms with van der Waals surface area (Å²) in [6.45, 7) is -0.204. The summed E-state index contributed by atoms with van der Waals surface area (Å²) in [7, 11) is 0. The van der Waals surface area contributed by atoms with Crippen LogP contribution in [0.1, 0.15) is 48.9 Å². The van der Waals surface area contributed by atoms with E-state index in [0.717, 1.165) is 19.3 Å². The lowest BCUT2D eigenvalue weighted by Gasteiger charge is -2.55. The molecule has 4 aliphatic carbocycles. The standard InChI is InChI=1S/C19H21ClO3/c20-16-4-2-1-3-15(16)17(21)11-23-18(22)19-8-12-5-13(9-19)7-14(6-12)10-19/h1-4,12-14H,5-11H2. The summed E-state index contributed by atoms with van der Waals surface area (Å²) in [6.07, 6.45) is 6.72. The zero-order chi connectivity index (χ0) is 16.0. The fourth-order valence-corrected chi connectivity index (χ4v) is 5.65. The Balaban J connectivity index is 1.43. The van der Waals surface area contributed by atoms with Crippen LogP contribution in [-0.2, 0) is 9.53 Å². The molecule has 23 heavy (non-hydrogen) atoms. The van der Waals surface area contributed by atoms with Gasteiger partial charge in [0.05, 0.1) is 10.4 Å². The molecule has 1 aromatic rings. The second-order valence-corrected chi connectivity index (χ2v) is 8.08. The monoisotopic (exact) mass is 332 g/mol. The van der Waals surface area contributed by atoms with Gasteiger partial charge in [-0.05, 0) is 68.4 Å². The van der Waals surface area contributed by atoms with Gasteiger partial charge in [-0.25, -0.2) is 0 Å². The van der Waals surface area contributed by atoms with Gasteiger partial charge in [0.15, 0.2) is 6.61 Å². The first-order chi connectivity index (χ1) is 11.1. The molecule has 0 saturated heterocycles. The third-order valence-corrected chi connectivity index (χ3v) is 6.31. The molecule has 4 saturated carbocycles. The first-order valence-corrected chi connectivity index (χ1v) is 8.88. The summed E-state index contributed by atoms with van der Waals surface area (Å²) >= 11 is 6.03. The van der Waals surface area contributed by atoms with E-state index in [1.165, 1.54) is 19.3 Å². The number of carbonyl (C=O) groups is 2. The van der Waals surface area contributed by atoms with Gasteiger partial charge in [0.25, 0.3) is 0 Å². The lowest BCUT2D eigenvalue weighted by Crippen LogP contribution is -2.50. The van der Waals surface area contributed by atoms with Gasteiger partial charge in [-0.1, -0.05) is 23.7 Å². The number of halogens is 1. The predicted octanol–water partition coefficient (Wildman–Crippen LogP) is 4.28. The van der Waals surface area contributed by atoms with Crippen molar-refractivity contribution in [3.05, 3.63) is 34.9 Å². The quantitative estimate of drug-likeness (QED) is 0.610. The molecule has 0 radical (unpaired) electrons. The Hall–Kier alpha value is -1.35. The number of carbonyl (C=O) groups excluding carboxylic acids is 2. The predicted molar refractivity (Wildman–Crippen MR) is 87.3 cm³/mol. The van der Waals surface area contributed by atoms with Crippen LogP contribution in [-0.4, -0.2) is 18.4 Å². The molecule has 0 spiro atoms. The van der Waals surface area contributed by atoms with Crippen LogP contribution in [0.15, 0.2) is 24.3 Å². The number of Topliss-reactive ketones (excluding diaryl/α,β-unsaturated/α-hetero) is 1. The largest absolute Gasteiger partial charge is 0.457 e. The summed E-state index contributed by atoms with van der Waals surface area (Å²) in [6, 6.07) is 6.89. The molecule has 0 aromatic heterocycles. The average Bonchev–Trinajstić information content (AvgIpc) is 2.51. The number of ketones is 1. The highest BCUT2D eigenvalue weighted by Crippen LogP contribution is 2.60. The SMILES string of the molecule is O=C(COC(=O)C12CC3CC(CC(C3)C1)C2)c1ccccc1Cl. The van der Waals surface area contributed by atoms with Gasteiger partial charge in [-0.15, -0.1) is 0 Å². The van der Waals surface area contributed by atoms with Crippen LogP contribution in [0.5, 0.6) is 0 Å². The minimum atomic E-state index is -0.310. The molecule has 4 bridgehead atoms. The summed E-state index contributed by atoms with van der Waals surface area (Å²) in [4.78, 5) is 24.9. The summed E-state index contributed by atoms with van der Waals surface area (Å²) < 4.78 is 5.45. The van der Waals surface area contributed by atoms with Crippen molar-refractivity contribution in [1.29, 1.82) is 0 Å². The van der Waals surface area contributed by atoms with Crippen LogP contribution in [0.3, 0.4) is 0 Å². The van der Waals surface area contributed by atoms with Crippen LogP contribution >= 0.6 is 11.6 Å². The highest BCUT2D eigenvalue weighted by atomic mass is 35.5. The van der Waals surface area contributed by atoms with E-state index in [4.69, 9.17) is 16.3 Å². The molecule has 4 heteroatoms. The number of benzene rings is 1. The molecule has 0 aliphatic heterocycles. The van der Waals surface area contributed by atoms with Crippen molar-refractivity contribution in [3.8, 4) is 0 Å². The van der Waals surface area contributed by atoms with Crippen LogP contribution in [0.4, 0.5) is 0 Å². The molecular weight excluding hydrogens is 312 g/mol. The van der Waals surface area contributed by atoms with Crippen molar-refractivity contribution in [3.63, 3.8) is 0 Å². The molecule has 0 atom stereocenters. The van der Waals surface area contributed by atoms with Crippen molar-refractivity contribution in [1.82, 2.24) is 0 Å². The Morgan fingerprint density at radius 1 is 1.04 bits per heavy atom. The molecule has 122 valence electrons. The molecule has 0 heterocycles. The maximum atomic E-state index is 12.7. The Labute approximate surface area is 141 Å². The minimum Gasteiger partial charge on any atom is -0.457 e. The van der Waals surface area contributed by atoms with Crippen LogP contribution in [0.2, 0.25) is 5.02 Å². The van der Waals surface area contributed by atoms with Gasteiger partial charge < -0.3 is 4.74 Å². The van der Waals surface area contributed by atoms with Gasteiger partial charge in [-0.2, -0.15) is 0 Å². The highest BCUT2D eigenvalue weighted by molar-refractivity contribution is 6.34. The fourth-order valence-electron chi connectivity index (χ4n) is 5.41. The van der Waals surface area contributed by atoms with E-state index in [-0.39, 0.29) is 23.8 Å². The average molecular weight is 333 g/mol. The van der Waals surface area contributed by atoms with Gasteiger partial charge in [-0.3, -0.25) is 9.59 Å². The lowest BCUT2D eigenvalue weighted by molar-refractivity contribution is -0.170. The Kier molecular flexibility index (Phi) is 3.72. The van der Waals surface area contributed by atoms with E-state index in [9.17, 15) is 9.59 Å². The summed E-state index contributed by atoms with van der Waals surface area (Å²) in [5, 5.41) is 0.406. The Morgan fingerprint density at radius 3 is 2.17 bits per heavy atom. The molecule has 4 aliphatic rings. The van der Waals surface area contributed by atoms with Crippen molar-refractivity contribution in [2.45, 2.75) is 38.5 Å². The minimum absolute atomic E-state index is 0.156. The number of hydrogen-bond donors (Lipinski definition) is 0. The summed E-state index contributed by atoms with van der Waals surface area (Å²) in [5.74, 6) is 1.68. The molecule has 5 rings (SSSR count). The second-order valence-electron chi connectivity index (χ2n) is 7.68. The third kappa shape index (κ3) is 2.69. The Bertz CT molecular complexity index is 616. The first kappa shape index (κ1) is 15.2. The van der Waals surface area contributed by atoms with Gasteiger partial charge in [0.1, 0.15) is 0 Å². The topological polar surface area (TPSA) is 43.4 Å². The lowest BCUT2D eigenvalue weighted by atomic mass is 9.49. The van der Waals surface area contributed by atoms with Gasteiger partial charge >= 0.3 is 5.97 Å². The van der Waals surface area contributed by atoms with Crippen molar-refractivity contribution < 1.29 is 14.3 Å². The molecule has 0 N–H and O–H groups in total. The van der Waals surface area contributed by atoms with E-state index in [0.29, 0.717) is 28.3 Å². The maximum absolute atomic E-state index is 12.7. The fraction of sp³-hybridized carbons (Fsp3) is 0.579. The van der Waals surface area contributed by atoms with E-state index in [2.05, 4.69) is 0 Å². The maximum Gasteiger partial charge on any atom is 0.312 e. The van der Waals surface area contributed by atoms with Crippen molar-refractivity contribution >= 4 is 23.4 Å².